The van der Waals surface area contributed by atoms with Crippen molar-refractivity contribution in [1.82, 2.24) is 4.90 Å². The predicted octanol–water partition coefficient (Wildman–Crippen LogP) is 2.73. The van der Waals surface area contributed by atoms with E-state index in [1.54, 1.807) is 18.2 Å². The van der Waals surface area contributed by atoms with E-state index in [-0.39, 0.29) is 16.7 Å². The van der Waals surface area contributed by atoms with Crippen molar-refractivity contribution in [2.45, 2.75) is 12.6 Å². The molecule has 0 aromatic heterocycles. The Morgan fingerprint density at radius 2 is 1.76 bits per heavy atom. The maximum atomic E-state index is 11.2. The molecule has 2 aromatic carbocycles. The Morgan fingerprint density at radius 1 is 1.14 bits per heavy atom. The minimum absolute atomic E-state index is 0.118. The summed E-state index contributed by atoms with van der Waals surface area (Å²) in [5.74, 6) is 0. The van der Waals surface area contributed by atoms with Gasteiger partial charge >= 0.3 is 0 Å². The topological polar surface area (TPSA) is 72.4 Å². The Balaban J connectivity index is 2.25. The molecular formula is C16H19N3O2. The van der Waals surface area contributed by atoms with Gasteiger partial charge in [-0.15, -0.1) is 0 Å². The van der Waals surface area contributed by atoms with Crippen molar-refractivity contribution >= 4 is 5.69 Å². The molecule has 0 heterocycles. The minimum Gasteiger partial charge on any atom is -0.329 e. The van der Waals surface area contributed by atoms with Gasteiger partial charge in [0, 0.05) is 24.7 Å². The number of benzene rings is 2. The van der Waals surface area contributed by atoms with Gasteiger partial charge in [0.25, 0.3) is 5.69 Å². The average molecular weight is 285 g/mol. The first-order valence-electron chi connectivity index (χ1n) is 6.81. The van der Waals surface area contributed by atoms with Crippen LogP contribution in [0.5, 0.6) is 0 Å². The van der Waals surface area contributed by atoms with Gasteiger partial charge in [-0.3, -0.25) is 15.0 Å². The molecule has 0 amide bonds. The third-order valence-corrected chi connectivity index (χ3v) is 3.52. The standard InChI is InChI=1S/C16H19N3O2/c1-18(12-13-7-3-2-4-8-13)16(11-17)14-9-5-6-10-15(14)19(20)21/h2-10,16H,11-12,17H2,1H3. The van der Waals surface area contributed by atoms with Gasteiger partial charge in [0.15, 0.2) is 0 Å². The molecule has 0 bridgehead atoms. The van der Waals surface area contributed by atoms with Crippen LogP contribution in [0.15, 0.2) is 54.6 Å². The Labute approximate surface area is 124 Å². The third-order valence-electron chi connectivity index (χ3n) is 3.52. The van der Waals surface area contributed by atoms with E-state index in [2.05, 4.69) is 0 Å². The van der Waals surface area contributed by atoms with Gasteiger partial charge in [-0.1, -0.05) is 48.5 Å². The fourth-order valence-electron chi connectivity index (χ4n) is 2.46. The summed E-state index contributed by atoms with van der Waals surface area (Å²) in [4.78, 5) is 12.9. The lowest BCUT2D eigenvalue weighted by Crippen LogP contribution is -2.30. The van der Waals surface area contributed by atoms with Crippen LogP contribution in [-0.4, -0.2) is 23.4 Å². The lowest BCUT2D eigenvalue weighted by Gasteiger charge is -2.27. The number of nitro benzene ring substituents is 1. The lowest BCUT2D eigenvalue weighted by molar-refractivity contribution is -0.386. The van der Waals surface area contributed by atoms with E-state index in [1.165, 1.54) is 6.07 Å². The molecule has 2 N–H and O–H groups in total. The second-order valence-corrected chi connectivity index (χ2v) is 4.97. The Kier molecular flexibility index (Phi) is 5.03. The summed E-state index contributed by atoms with van der Waals surface area (Å²) in [7, 11) is 1.93. The molecule has 0 fully saturated rings. The zero-order chi connectivity index (χ0) is 15.2. The first-order valence-corrected chi connectivity index (χ1v) is 6.81. The molecule has 110 valence electrons. The van der Waals surface area contributed by atoms with E-state index in [9.17, 15) is 10.1 Å². The number of hydrogen-bond donors (Lipinski definition) is 1. The normalized spacial score (nSPS) is 12.3. The molecule has 0 aliphatic rings. The first kappa shape index (κ1) is 15.2. The SMILES string of the molecule is CN(Cc1ccccc1)C(CN)c1ccccc1[N+](=O)[O-]. The van der Waals surface area contributed by atoms with Crippen molar-refractivity contribution in [1.29, 1.82) is 0 Å². The van der Waals surface area contributed by atoms with Crippen molar-refractivity contribution in [2.75, 3.05) is 13.6 Å². The van der Waals surface area contributed by atoms with Crippen molar-refractivity contribution < 1.29 is 4.92 Å². The summed E-state index contributed by atoms with van der Waals surface area (Å²) < 4.78 is 0. The molecule has 0 saturated carbocycles. The predicted molar refractivity (Wildman–Crippen MR) is 82.8 cm³/mol. The summed E-state index contributed by atoms with van der Waals surface area (Å²) in [6.45, 7) is 1.02. The fourth-order valence-corrected chi connectivity index (χ4v) is 2.46. The molecule has 1 unspecified atom stereocenters. The van der Waals surface area contributed by atoms with Crippen LogP contribution >= 0.6 is 0 Å². The van der Waals surface area contributed by atoms with Gasteiger partial charge in [-0.2, -0.15) is 0 Å². The van der Waals surface area contributed by atoms with Crippen LogP contribution in [0.3, 0.4) is 0 Å². The molecule has 0 aliphatic heterocycles. The third kappa shape index (κ3) is 3.65. The highest BCUT2D eigenvalue weighted by atomic mass is 16.6. The molecule has 5 nitrogen and oxygen atoms in total. The number of rotatable bonds is 6. The number of nitro groups is 1. The molecule has 2 aromatic rings. The summed E-state index contributed by atoms with van der Waals surface area (Å²) in [5, 5.41) is 11.2. The van der Waals surface area contributed by atoms with Crippen LogP contribution in [-0.2, 0) is 6.54 Å². The van der Waals surface area contributed by atoms with Crippen LogP contribution in [0.1, 0.15) is 17.2 Å². The van der Waals surface area contributed by atoms with E-state index < -0.39 is 0 Å². The highest BCUT2D eigenvalue weighted by Crippen LogP contribution is 2.28. The highest BCUT2D eigenvalue weighted by molar-refractivity contribution is 5.42. The van der Waals surface area contributed by atoms with E-state index in [4.69, 9.17) is 5.73 Å². The van der Waals surface area contributed by atoms with Crippen LogP contribution in [0.4, 0.5) is 5.69 Å². The first-order chi connectivity index (χ1) is 10.1. The monoisotopic (exact) mass is 285 g/mol. The zero-order valence-corrected chi connectivity index (χ0v) is 12.0. The largest absolute Gasteiger partial charge is 0.329 e. The number of hydrogen-bond acceptors (Lipinski definition) is 4. The van der Waals surface area contributed by atoms with Gasteiger partial charge in [0.1, 0.15) is 0 Å². The van der Waals surface area contributed by atoms with Gasteiger partial charge < -0.3 is 5.73 Å². The summed E-state index contributed by atoms with van der Waals surface area (Å²) in [6, 6.07) is 16.6. The van der Waals surface area contributed by atoms with Gasteiger partial charge in [-0.05, 0) is 12.6 Å². The van der Waals surface area contributed by atoms with Crippen LogP contribution in [0.25, 0.3) is 0 Å². The molecular weight excluding hydrogens is 266 g/mol. The van der Waals surface area contributed by atoms with Gasteiger partial charge in [0.2, 0.25) is 0 Å². The Hall–Kier alpha value is -2.24. The molecule has 5 heteroatoms. The van der Waals surface area contributed by atoms with E-state index in [1.807, 2.05) is 42.3 Å². The van der Waals surface area contributed by atoms with E-state index in [0.29, 0.717) is 18.7 Å². The lowest BCUT2D eigenvalue weighted by atomic mass is 10.0. The van der Waals surface area contributed by atoms with E-state index in [0.717, 1.165) is 5.56 Å². The number of likely N-dealkylation sites (N-methyl/N-ethyl adjacent to an activating group) is 1. The molecule has 0 aliphatic carbocycles. The second-order valence-electron chi connectivity index (χ2n) is 4.97. The number of nitrogens with two attached hydrogens (primary N) is 1. The molecule has 0 saturated heterocycles. The summed E-state index contributed by atoms with van der Waals surface area (Å²) in [6.07, 6.45) is 0. The molecule has 2 rings (SSSR count). The highest BCUT2D eigenvalue weighted by Gasteiger charge is 2.23. The van der Waals surface area contributed by atoms with Crippen molar-refractivity contribution in [3.8, 4) is 0 Å². The Bertz CT molecular complexity index is 601. The van der Waals surface area contributed by atoms with Crippen LogP contribution in [0, 0.1) is 10.1 Å². The van der Waals surface area contributed by atoms with Crippen LogP contribution in [0.2, 0.25) is 0 Å². The second kappa shape index (κ2) is 6.97. The minimum atomic E-state index is -0.353. The molecule has 21 heavy (non-hydrogen) atoms. The number of para-hydroxylation sites is 1. The number of nitrogens with zero attached hydrogens (tertiary/aromatic N) is 2. The van der Waals surface area contributed by atoms with E-state index >= 15 is 0 Å². The maximum Gasteiger partial charge on any atom is 0.274 e. The fraction of sp³-hybridized carbons (Fsp3) is 0.250. The van der Waals surface area contributed by atoms with Crippen molar-refractivity contribution in [3.63, 3.8) is 0 Å². The molecule has 0 spiro atoms. The molecule has 1 atom stereocenters. The summed E-state index contributed by atoms with van der Waals surface area (Å²) >= 11 is 0. The Morgan fingerprint density at radius 3 is 2.38 bits per heavy atom. The average Bonchev–Trinajstić information content (AvgIpc) is 2.49. The van der Waals surface area contributed by atoms with Crippen molar-refractivity contribution in [3.05, 3.63) is 75.8 Å². The van der Waals surface area contributed by atoms with Gasteiger partial charge in [-0.25, -0.2) is 0 Å². The quantitative estimate of drug-likeness (QED) is 0.654. The smallest absolute Gasteiger partial charge is 0.274 e. The van der Waals surface area contributed by atoms with Crippen LogP contribution < -0.4 is 5.73 Å². The van der Waals surface area contributed by atoms with Crippen molar-refractivity contribution in [2.24, 2.45) is 5.73 Å². The van der Waals surface area contributed by atoms with Gasteiger partial charge in [0.05, 0.1) is 11.0 Å². The maximum absolute atomic E-state index is 11.2. The molecule has 0 radical (unpaired) electrons. The summed E-state index contributed by atoms with van der Waals surface area (Å²) in [5.41, 5.74) is 7.79. The zero-order valence-electron chi connectivity index (χ0n) is 12.0.